The molecular weight excluding hydrogens is 338 g/mol. The van der Waals surface area contributed by atoms with E-state index in [1.165, 1.54) is 38.4 Å². The molecule has 0 saturated heterocycles. The number of benzene rings is 2. The maximum Gasteiger partial charge on any atom is 0.262 e. The normalized spacial score (nSPS) is 10.6. The zero-order valence-electron chi connectivity index (χ0n) is 14.2. The zero-order valence-corrected chi connectivity index (χ0v) is 14.2. The predicted molar refractivity (Wildman–Crippen MR) is 95.6 cm³/mol. The van der Waals surface area contributed by atoms with Gasteiger partial charge in [0.1, 0.15) is 11.4 Å². The third-order valence-electron chi connectivity index (χ3n) is 4.00. The van der Waals surface area contributed by atoms with E-state index in [0.717, 1.165) is 15.8 Å². The van der Waals surface area contributed by atoms with Gasteiger partial charge < -0.3 is 10.7 Å². The molecule has 1 amide bonds. The minimum atomic E-state index is -0.756. The van der Waals surface area contributed by atoms with Crippen LogP contribution in [0.1, 0.15) is 21.6 Å². The maximum absolute atomic E-state index is 14.1. The summed E-state index contributed by atoms with van der Waals surface area (Å²) in [5.41, 5.74) is 2.32. The number of amides is 1. The molecule has 3 rings (SSSR count). The van der Waals surface area contributed by atoms with Crippen molar-refractivity contribution >= 4 is 17.8 Å². The van der Waals surface area contributed by atoms with Crippen molar-refractivity contribution in [1.29, 1.82) is 5.41 Å². The Morgan fingerprint density at radius 1 is 1.19 bits per heavy atom. The number of aromatic nitrogens is 2. The molecule has 0 saturated carbocycles. The summed E-state index contributed by atoms with van der Waals surface area (Å²) in [6.45, 7) is 1.53. The van der Waals surface area contributed by atoms with Gasteiger partial charge in [-0.05, 0) is 36.2 Å². The Bertz CT molecular complexity index is 994. The van der Waals surface area contributed by atoms with Crippen LogP contribution in [0.4, 0.5) is 14.5 Å². The Morgan fingerprint density at radius 3 is 2.46 bits per heavy atom. The van der Waals surface area contributed by atoms with Gasteiger partial charge in [-0.25, -0.2) is 9.07 Å². The lowest BCUT2D eigenvalue weighted by atomic mass is 10.0. The van der Waals surface area contributed by atoms with Gasteiger partial charge in [-0.15, -0.1) is 0 Å². The number of halogens is 2. The van der Waals surface area contributed by atoms with Gasteiger partial charge in [-0.1, -0.05) is 24.3 Å². The van der Waals surface area contributed by atoms with Crippen LogP contribution < -0.4 is 5.32 Å². The number of rotatable bonds is 4. The number of nitrogens with zero attached hydrogens (tertiary/aromatic N) is 2. The van der Waals surface area contributed by atoms with Crippen molar-refractivity contribution in [3.63, 3.8) is 0 Å². The lowest BCUT2D eigenvalue weighted by molar-refractivity contribution is 0.102. The summed E-state index contributed by atoms with van der Waals surface area (Å²) in [4.78, 5) is 12.5. The largest absolute Gasteiger partial charge is 0.321 e. The summed E-state index contributed by atoms with van der Waals surface area (Å²) < 4.78 is 28.8. The number of hydrogen-bond donors (Lipinski definition) is 2. The molecule has 0 radical (unpaired) electrons. The molecule has 0 unspecified atom stereocenters. The van der Waals surface area contributed by atoms with Crippen molar-refractivity contribution in [2.45, 2.75) is 6.92 Å². The first-order valence-electron chi connectivity index (χ1n) is 7.81. The van der Waals surface area contributed by atoms with Crippen LogP contribution >= 0.6 is 0 Å². The van der Waals surface area contributed by atoms with E-state index in [-0.39, 0.29) is 16.9 Å². The Hall–Kier alpha value is -3.35. The highest BCUT2D eigenvalue weighted by Gasteiger charge is 2.21. The lowest BCUT2D eigenvalue weighted by Gasteiger charge is -2.12. The smallest absolute Gasteiger partial charge is 0.262 e. The van der Waals surface area contributed by atoms with E-state index in [2.05, 4.69) is 10.4 Å². The minimum absolute atomic E-state index is 0.179. The number of anilines is 1. The first-order valence-corrected chi connectivity index (χ1v) is 7.81. The zero-order chi connectivity index (χ0) is 18.8. The highest BCUT2D eigenvalue weighted by atomic mass is 19.1. The van der Waals surface area contributed by atoms with Crippen LogP contribution in [0.25, 0.3) is 11.1 Å². The summed E-state index contributed by atoms with van der Waals surface area (Å²) in [6.07, 6.45) is 1.21. The van der Waals surface area contributed by atoms with Crippen LogP contribution in [-0.4, -0.2) is 21.9 Å². The fraction of sp³-hybridized carbons (Fsp3) is 0.105. The molecule has 0 aliphatic rings. The molecular formula is C19H16F2N4O. The first kappa shape index (κ1) is 17.5. The van der Waals surface area contributed by atoms with Crippen molar-refractivity contribution in [2.24, 2.45) is 7.05 Å². The topological polar surface area (TPSA) is 70.8 Å². The molecule has 0 aliphatic heterocycles. The average molecular weight is 354 g/mol. The van der Waals surface area contributed by atoms with E-state index >= 15 is 0 Å². The fourth-order valence-corrected chi connectivity index (χ4v) is 2.70. The van der Waals surface area contributed by atoms with Crippen molar-refractivity contribution in [2.75, 3.05) is 5.32 Å². The second kappa shape index (κ2) is 6.87. The summed E-state index contributed by atoms with van der Waals surface area (Å²) in [5, 5.41) is 13.7. The SMILES string of the molecule is Cc1nn(C)c(F)c1C(=O)Nc1cc(F)ccc1-c1ccc(C=N)cc1. The van der Waals surface area contributed by atoms with Crippen LogP contribution in [0.3, 0.4) is 0 Å². The number of aryl methyl sites for hydroxylation is 2. The van der Waals surface area contributed by atoms with Gasteiger partial charge in [0.2, 0.25) is 5.95 Å². The van der Waals surface area contributed by atoms with Gasteiger partial charge in [0, 0.05) is 18.8 Å². The quantitative estimate of drug-likeness (QED) is 0.697. The Morgan fingerprint density at radius 2 is 1.88 bits per heavy atom. The lowest BCUT2D eigenvalue weighted by Crippen LogP contribution is -2.15. The van der Waals surface area contributed by atoms with Gasteiger partial charge in [-0.3, -0.25) is 4.79 Å². The predicted octanol–water partition coefficient (Wildman–Crippen LogP) is 3.92. The van der Waals surface area contributed by atoms with Gasteiger partial charge in [0.25, 0.3) is 5.91 Å². The summed E-state index contributed by atoms with van der Waals surface area (Å²) in [7, 11) is 1.40. The molecule has 0 atom stereocenters. The third kappa shape index (κ3) is 3.23. The molecule has 3 aromatic rings. The molecule has 5 nitrogen and oxygen atoms in total. The van der Waals surface area contributed by atoms with Crippen molar-refractivity contribution in [3.8, 4) is 11.1 Å². The number of carbonyl (C=O) groups excluding carboxylic acids is 1. The molecule has 2 N–H and O–H groups in total. The first-order chi connectivity index (χ1) is 12.4. The molecule has 2 aromatic carbocycles. The van der Waals surface area contributed by atoms with Gasteiger partial charge in [0.05, 0.1) is 11.4 Å². The van der Waals surface area contributed by atoms with E-state index < -0.39 is 17.7 Å². The van der Waals surface area contributed by atoms with E-state index in [0.29, 0.717) is 5.56 Å². The molecule has 7 heteroatoms. The maximum atomic E-state index is 14.1. The second-order valence-electron chi connectivity index (χ2n) is 5.79. The van der Waals surface area contributed by atoms with Gasteiger partial charge >= 0.3 is 0 Å². The standard InChI is InChI=1S/C19H16F2N4O/c1-11-17(18(21)25(2)24-11)19(26)23-16-9-14(20)7-8-15(16)13-5-3-12(10-22)4-6-13/h3-10,22H,1-2H3,(H,23,26). The van der Waals surface area contributed by atoms with Crippen LogP contribution in [0.15, 0.2) is 42.5 Å². The molecule has 132 valence electrons. The van der Waals surface area contributed by atoms with Crippen LogP contribution in [0.2, 0.25) is 0 Å². The Labute approximate surface area is 148 Å². The Balaban J connectivity index is 2.00. The van der Waals surface area contributed by atoms with E-state index in [1.54, 1.807) is 24.3 Å². The van der Waals surface area contributed by atoms with Gasteiger partial charge in [-0.2, -0.15) is 9.49 Å². The van der Waals surface area contributed by atoms with Crippen LogP contribution in [0.5, 0.6) is 0 Å². The monoisotopic (exact) mass is 354 g/mol. The molecule has 0 aliphatic carbocycles. The highest BCUT2D eigenvalue weighted by Crippen LogP contribution is 2.29. The fourth-order valence-electron chi connectivity index (χ4n) is 2.70. The summed E-state index contributed by atoms with van der Waals surface area (Å²) in [5.74, 6) is -1.98. The van der Waals surface area contributed by atoms with Crippen molar-refractivity contribution in [3.05, 3.63) is 71.1 Å². The number of hydrogen-bond acceptors (Lipinski definition) is 3. The van der Waals surface area contributed by atoms with Crippen molar-refractivity contribution < 1.29 is 13.6 Å². The summed E-state index contributed by atoms with van der Waals surface area (Å²) >= 11 is 0. The Kier molecular flexibility index (Phi) is 4.62. The van der Waals surface area contributed by atoms with Crippen LogP contribution in [0, 0.1) is 24.1 Å². The molecule has 26 heavy (non-hydrogen) atoms. The van der Waals surface area contributed by atoms with E-state index in [1.807, 2.05) is 0 Å². The molecule has 0 fully saturated rings. The number of carbonyl (C=O) groups is 1. The molecule has 1 aromatic heterocycles. The van der Waals surface area contributed by atoms with Gasteiger partial charge in [0.15, 0.2) is 0 Å². The number of nitrogens with one attached hydrogen (secondary N) is 2. The molecule has 0 bridgehead atoms. The second-order valence-corrected chi connectivity index (χ2v) is 5.79. The average Bonchev–Trinajstić information content (AvgIpc) is 2.87. The molecule has 0 spiro atoms. The van der Waals surface area contributed by atoms with Crippen molar-refractivity contribution in [1.82, 2.24) is 9.78 Å². The third-order valence-corrected chi connectivity index (χ3v) is 4.00. The molecule has 1 heterocycles. The van der Waals surface area contributed by atoms with E-state index in [9.17, 15) is 13.6 Å². The van der Waals surface area contributed by atoms with E-state index in [4.69, 9.17) is 5.41 Å². The minimum Gasteiger partial charge on any atom is -0.321 e. The highest BCUT2D eigenvalue weighted by molar-refractivity contribution is 6.07. The van der Waals surface area contributed by atoms with Crippen LogP contribution in [-0.2, 0) is 7.05 Å². The summed E-state index contributed by atoms with van der Waals surface area (Å²) in [6, 6.07) is 11.0.